The molecule has 3 aliphatic rings. The largest absolute Gasteiger partial charge is 0.376 e. The molecular weight excluding hydrogens is 268 g/mol. The fourth-order valence-corrected chi connectivity index (χ4v) is 3.47. The van der Waals surface area contributed by atoms with Crippen molar-refractivity contribution in [3.05, 3.63) is 0 Å². The fourth-order valence-electron chi connectivity index (χ4n) is 3.47. The average molecular weight is 294 g/mol. The molecule has 2 heterocycles. The fraction of sp³-hybridized carbons (Fsp3) is 0.875. The first-order chi connectivity index (χ1) is 10.2. The Hall–Kier alpha value is -1.10. The molecule has 2 saturated heterocycles. The summed E-state index contributed by atoms with van der Waals surface area (Å²) in [4.78, 5) is 28.8. The predicted octanol–water partition coefficient (Wildman–Crippen LogP) is 1.41. The van der Waals surface area contributed by atoms with Crippen LogP contribution in [0, 0.1) is 5.92 Å². The molecule has 5 heteroatoms. The lowest BCUT2D eigenvalue weighted by Gasteiger charge is -2.31. The third-order valence-electron chi connectivity index (χ3n) is 4.89. The first-order valence-corrected chi connectivity index (χ1v) is 8.41. The van der Waals surface area contributed by atoms with Gasteiger partial charge in [0.15, 0.2) is 0 Å². The van der Waals surface area contributed by atoms with E-state index in [2.05, 4.69) is 0 Å². The number of hydrogen-bond acceptors (Lipinski definition) is 3. The number of ether oxygens (including phenoxy) is 1. The zero-order chi connectivity index (χ0) is 14.8. The van der Waals surface area contributed by atoms with Crippen LogP contribution in [0.4, 0.5) is 0 Å². The number of likely N-dealkylation sites (N-methyl/N-ethyl adjacent to an activating group) is 1. The summed E-state index contributed by atoms with van der Waals surface area (Å²) < 4.78 is 5.65. The normalized spacial score (nSPS) is 28.9. The van der Waals surface area contributed by atoms with Crippen LogP contribution in [-0.4, -0.2) is 60.0 Å². The van der Waals surface area contributed by atoms with Crippen LogP contribution in [0.25, 0.3) is 0 Å². The van der Waals surface area contributed by atoms with Crippen LogP contribution in [0.15, 0.2) is 0 Å². The van der Waals surface area contributed by atoms with Gasteiger partial charge in [0.2, 0.25) is 11.8 Å². The molecule has 0 aromatic carbocycles. The minimum atomic E-state index is -0.223. The molecule has 0 aromatic heterocycles. The molecule has 1 aliphatic carbocycles. The molecule has 0 bridgehead atoms. The van der Waals surface area contributed by atoms with Crippen molar-refractivity contribution in [2.45, 2.75) is 57.6 Å². The van der Waals surface area contributed by atoms with Gasteiger partial charge in [-0.05, 0) is 45.4 Å². The Morgan fingerprint density at radius 2 is 2.00 bits per heavy atom. The smallest absolute Gasteiger partial charge is 0.245 e. The minimum Gasteiger partial charge on any atom is -0.376 e. The lowest BCUT2D eigenvalue weighted by Crippen LogP contribution is -2.49. The molecule has 3 fully saturated rings. The maximum Gasteiger partial charge on any atom is 0.245 e. The SMILES string of the molecule is CCN(CC1CCCO1)C(=O)C1CCCN1C(=O)C1CC1. The van der Waals surface area contributed by atoms with E-state index in [1.165, 1.54) is 0 Å². The maximum absolute atomic E-state index is 12.8. The van der Waals surface area contributed by atoms with E-state index in [-0.39, 0.29) is 29.9 Å². The topological polar surface area (TPSA) is 49.9 Å². The quantitative estimate of drug-likeness (QED) is 0.770. The van der Waals surface area contributed by atoms with Crippen molar-refractivity contribution in [2.24, 2.45) is 5.92 Å². The van der Waals surface area contributed by atoms with E-state index in [4.69, 9.17) is 4.74 Å². The molecule has 2 aliphatic heterocycles. The van der Waals surface area contributed by atoms with Gasteiger partial charge in [0.05, 0.1) is 6.10 Å². The third-order valence-corrected chi connectivity index (χ3v) is 4.89. The van der Waals surface area contributed by atoms with Crippen LogP contribution >= 0.6 is 0 Å². The average Bonchev–Trinajstić information content (AvgIpc) is 3.02. The van der Waals surface area contributed by atoms with Crippen LogP contribution in [0.2, 0.25) is 0 Å². The van der Waals surface area contributed by atoms with E-state index in [0.717, 1.165) is 51.7 Å². The van der Waals surface area contributed by atoms with Crippen LogP contribution < -0.4 is 0 Å². The number of amides is 2. The Morgan fingerprint density at radius 3 is 2.62 bits per heavy atom. The zero-order valence-corrected chi connectivity index (χ0v) is 12.9. The van der Waals surface area contributed by atoms with Gasteiger partial charge < -0.3 is 14.5 Å². The van der Waals surface area contributed by atoms with Gasteiger partial charge in [0, 0.05) is 32.2 Å². The Balaban J connectivity index is 1.62. The molecule has 5 nitrogen and oxygen atoms in total. The Morgan fingerprint density at radius 1 is 1.19 bits per heavy atom. The van der Waals surface area contributed by atoms with Crippen LogP contribution in [0.1, 0.15) is 45.4 Å². The molecular formula is C16H26N2O3. The Kier molecular flexibility index (Phi) is 4.48. The van der Waals surface area contributed by atoms with Gasteiger partial charge in [-0.2, -0.15) is 0 Å². The second-order valence-electron chi connectivity index (χ2n) is 6.48. The van der Waals surface area contributed by atoms with Crippen molar-refractivity contribution in [3.8, 4) is 0 Å². The third kappa shape index (κ3) is 3.23. The van der Waals surface area contributed by atoms with Crippen molar-refractivity contribution >= 4 is 11.8 Å². The molecule has 2 unspecified atom stereocenters. The van der Waals surface area contributed by atoms with Gasteiger partial charge in [-0.3, -0.25) is 9.59 Å². The summed E-state index contributed by atoms with van der Waals surface area (Å²) in [7, 11) is 0. The van der Waals surface area contributed by atoms with Crippen molar-refractivity contribution < 1.29 is 14.3 Å². The second-order valence-corrected chi connectivity index (χ2v) is 6.48. The van der Waals surface area contributed by atoms with Gasteiger partial charge in [0.25, 0.3) is 0 Å². The number of rotatable bonds is 5. The van der Waals surface area contributed by atoms with Gasteiger partial charge in [-0.25, -0.2) is 0 Å². The lowest BCUT2D eigenvalue weighted by molar-refractivity contribution is -0.145. The van der Waals surface area contributed by atoms with Crippen LogP contribution in [0.3, 0.4) is 0 Å². The number of likely N-dealkylation sites (tertiary alicyclic amines) is 1. The highest BCUT2D eigenvalue weighted by molar-refractivity contribution is 5.90. The molecule has 0 spiro atoms. The minimum absolute atomic E-state index is 0.125. The monoisotopic (exact) mass is 294 g/mol. The highest BCUT2D eigenvalue weighted by Crippen LogP contribution is 2.34. The van der Waals surface area contributed by atoms with E-state index < -0.39 is 0 Å². The number of carbonyl (C=O) groups excluding carboxylic acids is 2. The van der Waals surface area contributed by atoms with Crippen LogP contribution in [0.5, 0.6) is 0 Å². The van der Waals surface area contributed by atoms with Gasteiger partial charge in [0.1, 0.15) is 6.04 Å². The van der Waals surface area contributed by atoms with E-state index in [1.54, 1.807) is 0 Å². The summed E-state index contributed by atoms with van der Waals surface area (Å²) >= 11 is 0. The van der Waals surface area contributed by atoms with Crippen molar-refractivity contribution in [2.75, 3.05) is 26.2 Å². The molecule has 1 saturated carbocycles. The standard InChI is InChI=1S/C16H26N2O3/c1-2-17(11-13-5-4-10-21-13)16(20)14-6-3-9-18(14)15(19)12-7-8-12/h12-14H,2-11H2,1H3. The van der Waals surface area contributed by atoms with E-state index in [0.29, 0.717) is 13.1 Å². The maximum atomic E-state index is 12.8. The molecule has 0 aromatic rings. The van der Waals surface area contributed by atoms with Gasteiger partial charge in [-0.1, -0.05) is 0 Å². The summed E-state index contributed by atoms with van der Waals surface area (Å²) in [6.45, 7) is 4.95. The van der Waals surface area contributed by atoms with E-state index in [9.17, 15) is 9.59 Å². The first kappa shape index (κ1) is 14.8. The molecule has 118 valence electrons. The van der Waals surface area contributed by atoms with Gasteiger partial charge in [-0.15, -0.1) is 0 Å². The zero-order valence-electron chi connectivity index (χ0n) is 12.9. The van der Waals surface area contributed by atoms with Gasteiger partial charge >= 0.3 is 0 Å². The lowest BCUT2D eigenvalue weighted by atomic mass is 10.1. The summed E-state index contributed by atoms with van der Waals surface area (Å²) in [6.07, 6.45) is 6.09. The molecule has 0 radical (unpaired) electrons. The highest BCUT2D eigenvalue weighted by atomic mass is 16.5. The van der Waals surface area contributed by atoms with E-state index in [1.807, 2.05) is 16.7 Å². The van der Waals surface area contributed by atoms with Crippen LogP contribution in [-0.2, 0) is 14.3 Å². The molecule has 3 rings (SSSR count). The summed E-state index contributed by atoms with van der Waals surface area (Å²) in [5.74, 6) is 0.533. The van der Waals surface area contributed by atoms with Crippen molar-refractivity contribution in [1.82, 2.24) is 9.80 Å². The first-order valence-electron chi connectivity index (χ1n) is 8.41. The molecule has 2 atom stereocenters. The summed E-state index contributed by atoms with van der Waals surface area (Å²) in [5.41, 5.74) is 0. The number of hydrogen-bond donors (Lipinski definition) is 0. The predicted molar refractivity (Wildman–Crippen MR) is 78.7 cm³/mol. The van der Waals surface area contributed by atoms with Crippen molar-refractivity contribution in [3.63, 3.8) is 0 Å². The number of nitrogens with zero attached hydrogens (tertiary/aromatic N) is 2. The summed E-state index contributed by atoms with van der Waals surface area (Å²) in [5, 5.41) is 0. The number of carbonyl (C=O) groups is 2. The Labute approximate surface area is 126 Å². The highest BCUT2D eigenvalue weighted by Gasteiger charge is 2.42. The Bertz CT molecular complexity index is 402. The molecule has 2 amide bonds. The second kappa shape index (κ2) is 6.34. The van der Waals surface area contributed by atoms with E-state index >= 15 is 0 Å². The van der Waals surface area contributed by atoms with Crippen molar-refractivity contribution in [1.29, 1.82) is 0 Å². The molecule has 0 N–H and O–H groups in total. The summed E-state index contributed by atoms with van der Waals surface area (Å²) in [6, 6.07) is -0.223. The molecule has 21 heavy (non-hydrogen) atoms.